The zero-order valence-electron chi connectivity index (χ0n) is 14.8. The van der Waals surface area contributed by atoms with Crippen LogP contribution in [-0.2, 0) is 17.8 Å². The number of benzene rings is 1. The molecule has 1 fully saturated rings. The van der Waals surface area contributed by atoms with Crippen molar-refractivity contribution in [1.29, 1.82) is 0 Å². The highest BCUT2D eigenvalue weighted by Gasteiger charge is 2.31. The molecule has 4 heterocycles. The largest absolute Gasteiger partial charge is 0.358 e. The van der Waals surface area contributed by atoms with Gasteiger partial charge in [0.2, 0.25) is 5.91 Å². The van der Waals surface area contributed by atoms with E-state index in [1.54, 1.807) is 0 Å². The molecule has 1 aromatic carbocycles. The molecule has 0 aliphatic carbocycles. The van der Waals surface area contributed by atoms with Crippen molar-refractivity contribution < 1.29 is 4.79 Å². The molecule has 2 aliphatic rings. The Kier molecular flexibility index (Phi) is 4.06. The third-order valence-corrected chi connectivity index (χ3v) is 6.78. The second-order valence-electron chi connectivity index (χ2n) is 7.34. The van der Waals surface area contributed by atoms with Crippen LogP contribution in [-0.4, -0.2) is 40.3 Å². The number of aromatic amines is 1. The van der Waals surface area contributed by atoms with Crippen LogP contribution < -0.4 is 0 Å². The number of thiophene rings is 1. The predicted octanol–water partition coefficient (Wildman–Crippen LogP) is 3.95. The maximum absolute atomic E-state index is 13.0. The zero-order chi connectivity index (χ0) is 17.5. The molecule has 134 valence electrons. The second kappa shape index (κ2) is 6.56. The summed E-state index contributed by atoms with van der Waals surface area (Å²) in [6.07, 6.45) is 3.27. The molecule has 0 radical (unpaired) electrons. The van der Waals surface area contributed by atoms with E-state index in [2.05, 4.69) is 51.7 Å². The molecule has 2 aromatic heterocycles. The Hall–Kier alpha value is -2.11. The van der Waals surface area contributed by atoms with E-state index >= 15 is 0 Å². The summed E-state index contributed by atoms with van der Waals surface area (Å²) in [7, 11) is 0. The van der Waals surface area contributed by atoms with Gasteiger partial charge >= 0.3 is 0 Å². The van der Waals surface area contributed by atoms with Gasteiger partial charge in [-0.3, -0.25) is 9.69 Å². The number of H-pyrrole nitrogens is 1. The van der Waals surface area contributed by atoms with Crippen molar-refractivity contribution in [3.63, 3.8) is 0 Å². The van der Waals surface area contributed by atoms with E-state index in [0.29, 0.717) is 12.6 Å². The number of fused-ring (bicyclic) bond motifs is 3. The standard InChI is InChI=1S/C21H23N3OS/c25-21(14-23-10-3-7-19(23)20-8-4-12-26-20)24-11-9-18-16(13-24)15-5-1-2-6-17(15)22-18/h1-2,4-6,8,12,19,22H,3,7,9-11,13-14H2. The molecule has 2 aliphatic heterocycles. The molecular formula is C21H23N3OS. The summed E-state index contributed by atoms with van der Waals surface area (Å²) in [4.78, 5) is 22.4. The summed E-state index contributed by atoms with van der Waals surface area (Å²) in [5.41, 5.74) is 3.79. The number of hydrogen-bond donors (Lipinski definition) is 1. The maximum Gasteiger partial charge on any atom is 0.237 e. The number of rotatable bonds is 3. The topological polar surface area (TPSA) is 39.3 Å². The molecule has 1 N–H and O–H groups in total. The number of carbonyl (C=O) groups excluding carboxylic acids is 1. The molecule has 0 spiro atoms. The molecule has 4 nitrogen and oxygen atoms in total. The molecule has 3 aromatic rings. The van der Waals surface area contributed by atoms with Crippen LogP contribution in [0.15, 0.2) is 41.8 Å². The Bertz CT molecular complexity index is 930. The number of nitrogens with zero attached hydrogens (tertiary/aromatic N) is 2. The SMILES string of the molecule is O=C(CN1CCCC1c1cccs1)N1CCc2[nH]c3ccccc3c2C1. The van der Waals surface area contributed by atoms with Crippen molar-refractivity contribution in [2.24, 2.45) is 0 Å². The molecule has 1 amide bonds. The minimum absolute atomic E-state index is 0.268. The fraction of sp³-hybridized carbons (Fsp3) is 0.381. The maximum atomic E-state index is 13.0. The van der Waals surface area contributed by atoms with E-state index in [4.69, 9.17) is 0 Å². The van der Waals surface area contributed by atoms with E-state index < -0.39 is 0 Å². The zero-order valence-corrected chi connectivity index (χ0v) is 15.6. The van der Waals surface area contributed by atoms with Crippen LogP contribution in [0.2, 0.25) is 0 Å². The summed E-state index contributed by atoms with van der Waals surface area (Å²) in [6.45, 7) is 3.12. The average molecular weight is 366 g/mol. The summed E-state index contributed by atoms with van der Waals surface area (Å²) in [5, 5.41) is 3.40. The first-order valence-corrected chi connectivity index (χ1v) is 10.3. The monoisotopic (exact) mass is 365 g/mol. The molecule has 0 saturated carbocycles. The number of likely N-dealkylation sites (tertiary alicyclic amines) is 1. The van der Waals surface area contributed by atoms with Gasteiger partial charge in [0.25, 0.3) is 0 Å². The fourth-order valence-corrected chi connectivity index (χ4v) is 5.37. The average Bonchev–Trinajstić information content (AvgIpc) is 3.40. The molecule has 1 unspecified atom stereocenters. The van der Waals surface area contributed by atoms with Gasteiger partial charge in [-0.15, -0.1) is 11.3 Å². The van der Waals surface area contributed by atoms with Crippen molar-refractivity contribution in [3.8, 4) is 0 Å². The van der Waals surface area contributed by atoms with Gasteiger partial charge in [-0.2, -0.15) is 0 Å². The fourth-order valence-electron chi connectivity index (χ4n) is 4.47. The van der Waals surface area contributed by atoms with Gasteiger partial charge in [0.15, 0.2) is 0 Å². The normalized spacial score (nSPS) is 20.6. The van der Waals surface area contributed by atoms with E-state index in [-0.39, 0.29) is 5.91 Å². The first-order chi connectivity index (χ1) is 12.8. The van der Waals surface area contributed by atoms with Crippen LogP contribution in [0.4, 0.5) is 0 Å². The highest BCUT2D eigenvalue weighted by atomic mass is 32.1. The third kappa shape index (κ3) is 2.75. The molecule has 5 heteroatoms. The number of aromatic nitrogens is 1. The van der Waals surface area contributed by atoms with Crippen molar-refractivity contribution in [2.75, 3.05) is 19.6 Å². The lowest BCUT2D eigenvalue weighted by Crippen LogP contribution is -2.42. The predicted molar refractivity (Wildman–Crippen MR) is 105 cm³/mol. The lowest BCUT2D eigenvalue weighted by atomic mass is 10.0. The van der Waals surface area contributed by atoms with E-state index in [1.807, 2.05) is 16.2 Å². The first kappa shape index (κ1) is 16.1. The van der Waals surface area contributed by atoms with E-state index in [0.717, 1.165) is 26.1 Å². The number of amides is 1. The smallest absolute Gasteiger partial charge is 0.237 e. The Morgan fingerprint density at radius 2 is 2.12 bits per heavy atom. The molecular weight excluding hydrogens is 342 g/mol. The minimum Gasteiger partial charge on any atom is -0.358 e. The molecule has 1 atom stereocenters. The molecule has 1 saturated heterocycles. The summed E-state index contributed by atoms with van der Waals surface area (Å²) >= 11 is 1.81. The number of nitrogens with one attached hydrogen (secondary N) is 1. The van der Waals surface area contributed by atoms with Gasteiger partial charge in [0.1, 0.15) is 0 Å². The van der Waals surface area contributed by atoms with Gasteiger partial charge in [0, 0.05) is 52.6 Å². The van der Waals surface area contributed by atoms with Gasteiger partial charge in [-0.05, 0) is 36.9 Å². The van der Waals surface area contributed by atoms with Crippen molar-refractivity contribution >= 4 is 28.1 Å². The Morgan fingerprint density at radius 1 is 1.19 bits per heavy atom. The van der Waals surface area contributed by atoms with E-state index in [9.17, 15) is 4.79 Å². The lowest BCUT2D eigenvalue weighted by molar-refractivity contribution is -0.133. The number of carbonyl (C=O) groups is 1. The van der Waals surface area contributed by atoms with Crippen molar-refractivity contribution in [2.45, 2.75) is 31.8 Å². The van der Waals surface area contributed by atoms with Crippen LogP contribution in [0.5, 0.6) is 0 Å². The molecule has 0 bridgehead atoms. The Morgan fingerprint density at radius 3 is 3.00 bits per heavy atom. The van der Waals surface area contributed by atoms with Gasteiger partial charge < -0.3 is 9.88 Å². The highest BCUT2D eigenvalue weighted by molar-refractivity contribution is 7.10. The Balaban J connectivity index is 1.32. The summed E-state index contributed by atoms with van der Waals surface area (Å²) < 4.78 is 0. The minimum atomic E-state index is 0.268. The summed E-state index contributed by atoms with van der Waals surface area (Å²) in [5.74, 6) is 0.268. The van der Waals surface area contributed by atoms with Crippen LogP contribution in [0, 0.1) is 0 Å². The van der Waals surface area contributed by atoms with Crippen molar-refractivity contribution in [1.82, 2.24) is 14.8 Å². The van der Waals surface area contributed by atoms with E-state index in [1.165, 1.54) is 39.9 Å². The van der Waals surface area contributed by atoms with Crippen LogP contribution in [0.25, 0.3) is 10.9 Å². The quantitative estimate of drug-likeness (QED) is 0.763. The third-order valence-electron chi connectivity index (χ3n) is 5.81. The lowest BCUT2D eigenvalue weighted by Gasteiger charge is -2.30. The van der Waals surface area contributed by atoms with Crippen LogP contribution in [0.1, 0.15) is 35.0 Å². The van der Waals surface area contributed by atoms with Gasteiger partial charge in [-0.1, -0.05) is 24.3 Å². The number of hydrogen-bond acceptors (Lipinski definition) is 3. The Labute approximate surface area is 157 Å². The molecule has 26 heavy (non-hydrogen) atoms. The summed E-state index contributed by atoms with van der Waals surface area (Å²) in [6, 6.07) is 13.2. The van der Waals surface area contributed by atoms with Gasteiger partial charge in [0.05, 0.1) is 6.54 Å². The molecule has 5 rings (SSSR count). The van der Waals surface area contributed by atoms with Gasteiger partial charge in [-0.25, -0.2) is 0 Å². The highest BCUT2D eigenvalue weighted by Crippen LogP contribution is 2.34. The van der Waals surface area contributed by atoms with Crippen molar-refractivity contribution in [3.05, 3.63) is 57.9 Å². The van der Waals surface area contributed by atoms with Crippen LogP contribution in [0.3, 0.4) is 0 Å². The van der Waals surface area contributed by atoms with Crippen LogP contribution >= 0.6 is 11.3 Å². The second-order valence-corrected chi connectivity index (χ2v) is 8.32. The number of para-hydroxylation sites is 1. The first-order valence-electron chi connectivity index (χ1n) is 9.43.